The van der Waals surface area contributed by atoms with Gasteiger partial charge in [0.2, 0.25) is 17.7 Å². The molecule has 0 spiro atoms. The van der Waals surface area contributed by atoms with Crippen molar-refractivity contribution < 1.29 is 19.2 Å². The van der Waals surface area contributed by atoms with Gasteiger partial charge in [0.05, 0.1) is 6.04 Å². The van der Waals surface area contributed by atoms with Gasteiger partial charge in [-0.2, -0.15) is 5.10 Å². The smallest absolute Gasteiger partial charge is 0.253 e. The Morgan fingerprint density at radius 2 is 1.64 bits per heavy atom. The number of carbonyl (C=O) groups excluding carboxylic acids is 4. The van der Waals surface area contributed by atoms with Gasteiger partial charge in [-0.25, -0.2) is 9.67 Å². The molecular formula is C31H39N7O4. The SMILES string of the molecule is CC(C)C[C@H]1NC(=O)CCCN(C(=O)c2ccccc2)CCNC(=O)Cn2nc(-c3ccccc3)nc2[C@H](C)NC1=O. The number of nitrogens with one attached hydrogen (secondary N) is 3. The van der Waals surface area contributed by atoms with Crippen molar-refractivity contribution in [1.29, 1.82) is 0 Å². The first-order valence-electron chi connectivity index (χ1n) is 14.4. The van der Waals surface area contributed by atoms with Crippen molar-refractivity contribution in [1.82, 2.24) is 35.6 Å². The summed E-state index contributed by atoms with van der Waals surface area (Å²) >= 11 is 0. The minimum atomic E-state index is -0.744. The largest absolute Gasteiger partial charge is 0.353 e. The number of carbonyl (C=O) groups is 4. The molecule has 1 aromatic heterocycles. The molecule has 11 nitrogen and oxygen atoms in total. The van der Waals surface area contributed by atoms with E-state index >= 15 is 0 Å². The Morgan fingerprint density at radius 3 is 2.33 bits per heavy atom. The molecule has 4 amide bonds. The summed E-state index contributed by atoms with van der Waals surface area (Å²) < 4.78 is 1.49. The molecule has 0 radical (unpaired) electrons. The summed E-state index contributed by atoms with van der Waals surface area (Å²) in [7, 11) is 0. The predicted octanol–water partition coefficient (Wildman–Crippen LogP) is 2.71. The number of hydrogen-bond acceptors (Lipinski definition) is 6. The van der Waals surface area contributed by atoms with Crippen molar-refractivity contribution in [2.45, 2.75) is 58.7 Å². The first-order valence-corrected chi connectivity index (χ1v) is 14.4. The van der Waals surface area contributed by atoms with E-state index in [1.165, 1.54) is 4.68 Å². The lowest BCUT2D eigenvalue weighted by molar-refractivity contribution is -0.129. The number of aromatic nitrogens is 3. The van der Waals surface area contributed by atoms with E-state index in [0.29, 0.717) is 36.6 Å². The van der Waals surface area contributed by atoms with E-state index < -0.39 is 12.1 Å². The second kappa shape index (κ2) is 14.4. The maximum Gasteiger partial charge on any atom is 0.253 e. The topological polar surface area (TPSA) is 138 Å². The van der Waals surface area contributed by atoms with Crippen molar-refractivity contribution in [2.75, 3.05) is 19.6 Å². The number of benzene rings is 2. The number of hydrogen-bond donors (Lipinski definition) is 3. The van der Waals surface area contributed by atoms with Crippen molar-refractivity contribution in [2.24, 2.45) is 5.92 Å². The molecule has 222 valence electrons. The van der Waals surface area contributed by atoms with Gasteiger partial charge in [-0.15, -0.1) is 0 Å². The van der Waals surface area contributed by atoms with Crippen LogP contribution in [-0.2, 0) is 20.9 Å². The molecule has 4 rings (SSSR count). The van der Waals surface area contributed by atoms with Crippen molar-refractivity contribution in [3.8, 4) is 11.4 Å². The summed E-state index contributed by atoms with van der Waals surface area (Å²) in [5, 5.41) is 13.3. The minimum Gasteiger partial charge on any atom is -0.353 e. The predicted molar refractivity (Wildman–Crippen MR) is 158 cm³/mol. The van der Waals surface area contributed by atoms with Crippen LogP contribution in [0.1, 0.15) is 62.3 Å². The van der Waals surface area contributed by atoms with Crippen LogP contribution >= 0.6 is 0 Å². The molecule has 42 heavy (non-hydrogen) atoms. The highest BCUT2D eigenvalue weighted by molar-refractivity contribution is 5.94. The number of amides is 4. The van der Waals surface area contributed by atoms with Crippen LogP contribution in [-0.4, -0.2) is 69.0 Å². The fraction of sp³-hybridized carbons (Fsp3) is 0.419. The summed E-state index contributed by atoms with van der Waals surface area (Å²) in [5.41, 5.74) is 1.31. The zero-order valence-electron chi connectivity index (χ0n) is 24.4. The second-order valence-corrected chi connectivity index (χ2v) is 10.9. The third-order valence-electron chi connectivity index (χ3n) is 6.97. The van der Waals surface area contributed by atoms with Crippen LogP contribution in [0.4, 0.5) is 0 Å². The average Bonchev–Trinajstić information content (AvgIpc) is 3.39. The fourth-order valence-electron chi connectivity index (χ4n) is 4.88. The molecule has 3 N–H and O–H groups in total. The lowest BCUT2D eigenvalue weighted by Crippen LogP contribution is -2.48. The van der Waals surface area contributed by atoms with E-state index in [1.54, 1.807) is 36.1 Å². The van der Waals surface area contributed by atoms with Crippen molar-refractivity contribution in [3.05, 3.63) is 72.1 Å². The van der Waals surface area contributed by atoms with Crippen LogP contribution in [0.5, 0.6) is 0 Å². The molecule has 0 aliphatic carbocycles. The normalized spacial score (nSPS) is 19.3. The van der Waals surface area contributed by atoms with Crippen LogP contribution < -0.4 is 16.0 Å². The maximum atomic E-state index is 13.4. The minimum absolute atomic E-state index is 0.117. The second-order valence-electron chi connectivity index (χ2n) is 10.9. The lowest BCUT2D eigenvalue weighted by atomic mass is 10.0. The zero-order valence-corrected chi connectivity index (χ0v) is 24.4. The van der Waals surface area contributed by atoms with Gasteiger partial charge >= 0.3 is 0 Å². The van der Waals surface area contributed by atoms with E-state index in [1.807, 2.05) is 50.2 Å². The van der Waals surface area contributed by atoms with Crippen LogP contribution in [0.15, 0.2) is 60.7 Å². The first-order chi connectivity index (χ1) is 20.2. The Balaban J connectivity index is 1.62. The van der Waals surface area contributed by atoms with E-state index in [2.05, 4.69) is 26.0 Å². The Labute approximate surface area is 246 Å². The van der Waals surface area contributed by atoms with Crippen molar-refractivity contribution >= 4 is 23.6 Å². The first kappa shape index (κ1) is 30.4. The van der Waals surface area contributed by atoms with Gasteiger partial charge in [0.1, 0.15) is 18.4 Å². The third-order valence-corrected chi connectivity index (χ3v) is 6.97. The van der Waals surface area contributed by atoms with Gasteiger partial charge in [-0.05, 0) is 37.8 Å². The Bertz CT molecular complexity index is 1370. The lowest BCUT2D eigenvalue weighted by Gasteiger charge is -2.24. The van der Waals surface area contributed by atoms with Gasteiger partial charge in [-0.1, -0.05) is 62.4 Å². The molecule has 3 aromatic rings. The van der Waals surface area contributed by atoms with Gasteiger partial charge in [0, 0.05) is 37.2 Å². The summed E-state index contributed by atoms with van der Waals surface area (Å²) in [6.07, 6.45) is 1.01. The highest BCUT2D eigenvalue weighted by atomic mass is 16.2. The van der Waals surface area contributed by atoms with Crippen LogP contribution in [0.2, 0.25) is 0 Å². The molecule has 0 saturated carbocycles. The van der Waals surface area contributed by atoms with Gasteiger partial charge in [-0.3, -0.25) is 19.2 Å². The quantitative estimate of drug-likeness (QED) is 0.439. The molecular weight excluding hydrogens is 534 g/mol. The molecule has 11 heteroatoms. The summed E-state index contributed by atoms with van der Waals surface area (Å²) in [6, 6.07) is 17.0. The van der Waals surface area contributed by atoms with E-state index in [-0.39, 0.29) is 55.6 Å². The Morgan fingerprint density at radius 1 is 0.952 bits per heavy atom. The number of fused-ring (bicyclic) bond motifs is 1. The molecule has 1 aliphatic rings. The molecule has 2 heterocycles. The van der Waals surface area contributed by atoms with Gasteiger partial charge in [0.25, 0.3) is 5.91 Å². The highest BCUT2D eigenvalue weighted by Crippen LogP contribution is 2.19. The zero-order chi connectivity index (χ0) is 30.1. The fourth-order valence-corrected chi connectivity index (χ4v) is 4.88. The number of rotatable bonds is 4. The molecule has 0 bridgehead atoms. The highest BCUT2D eigenvalue weighted by Gasteiger charge is 2.27. The molecule has 0 saturated heterocycles. The summed E-state index contributed by atoms with van der Waals surface area (Å²) in [4.78, 5) is 58.9. The standard InChI is InChI=1S/C31H39N7O4/c1-21(2)19-25-30(41)33-22(3)29-35-28(23-11-6-4-7-12-23)36-38(29)20-27(40)32-16-18-37(17-10-15-26(39)34-25)31(42)24-13-8-5-9-14-24/h4-9,11-14,21-22,25H,10,15-20H2,1-3H3,(H,32,40)(H,33,41)(H,34,39)/t22-,25+/m0/s1. The molecule has 1 aliphatic heterocycles. The van der Waals surface area contributed by atoms with Crippen LogP contribution in [0, 0.1) is 5.92 Å². The van der Waals surface area contributed by atoms with Crippen LogP contribution in [0.3, 0.4) is 0 Å². The summed E-state index contributed by atoms with van der Waals surface area (Å²) in [5.74, 6) is -0.0812. The van der Waals surface area contributed by atoms with E-state index in [9.17, 15) is 19.2 Å². The van der Waals surface area contributed by atoms with E-state index in [4.69, 9.17) is 0 Å². The van der Waals surface area contributed by atoms with Gasteiger partial charge in [0.15, 0.2) is 5.82 Å². The van der Waals surface area contributed by atoms with Crippen LogP contribution in [0.25, 0.3) is 11.4 Å². The average molecular weight is 574 g/mol. The molecule has 0 unspecified atom stereocenters. The van der Waals surface area contributed by atoms with Gasteiger partial charge < -0.3 is 20.9 Å². The summed E-state index contributed by atoms with van der Waals surface area (Å²) in [6.45, 7) is 6.45. The molecule has 0 fully saturated rings. The maximum absolute atomic E-state index is 13.4. The Hall–Kier alpha value is -4.54. The third kappa shape index (κ3) is 8.25. The molecule has 2 aromatic carbocycles. The molecule has 2 atom stereocenters. The Kier molecular flexibility index (Phi) is 10.4. The van der Waals surface area contributed by atoms with Crippen molar-refractivity contribution in [3.63, 3.8) is 0 Å². The monoisotopic (exact) mass is 573 g/mol. The number of nitrogens with zero attached hydrogens (tertiary/aromatic N) is 4. The van der Waals surface area contributed by atoms with E-state index in [0.717, 1.165) is 5.56 Å².